The molecule has 1 amide bonds. The molecule has 0 aromatic heterocycles. The number of aliphatic hydroxyl groups excluding tert-OH is 1. The van der Waals surface area contributed by atoms with Crippen molar-refractivity contribution >= 4 is 29.4 Å². The average molecular weight is 493 g/mol. The van der Waals surface area contributed by atoms with Crippen molar-refractivity contribution < 1.29 is 24.6 Å². The highest BCUT2D eigenvalue weighted by Crippen LogP contribution is 2.65. The maximum atomic E-state index is 12.1. The van der Waals surface area contributed by atoms with E-state index in [9.17, 15) is 19.8 Å². The Morgan fingerprint density at radius 1 is 1.21 bits per heavy atom. The normalized spacial score (nSPS) is 38.8. The molecule has 8 heteroatoms. The third-order valence-electron chi connectivity index (χ3n) is 9.55. The van der Waals surface area contributed by atoms with E-state index >= 15 is 0 Å². The van der Waals surface area contributed by atoms with E-state index in [1.54, 1.807) is 11.8 Å². The van der Waals surface area contributed by atoms with Gasteiger partial charge in [-0.15, -0.1) is 0 Å². The first-order chi connectivity index (χ1) is 16.2. The highest BCUT2D eigenvalue weighted by molar-refractivity contribution is 7.98. The summed E-state index contributed by atoms with van der Waals surface area (Å²) in [7, 11) is 0. The van der Waals surface area contributed by atoms with Gasteiger partial charge in [0.25, 0.3) is 5.91 Å². The van der Waals surface area contributed by atoms with Crippen molar-refractivity contribution in [3.05, 3.63) is 11.6 Å². The average Bonchev–Trinajstić information content (AvgIpc) is 3.11. The van der Waals surface area contributed by atoms with Crippen molar-refractivity contribution in [3.63, 3.8) is 0 Å². The molecule has 0 heterocycles. The topological polar surface area (TPSA) is 108 Å². The number of nitrogens with zero attached hydrogens (tertiary/aromatic N) is 1. The van der Waals surface area contributed by atoms with Crippen LogP contribution in [0.3, 0.4) is 0 Å². The number of amides is 1. The summed E-state index contributed by atoms with van der Waals surface area (Å²) in [6.07, 6.45) is 12.9. The number of hydrogen-bond donors (Lipinski definition) is 3. The molecule has 0 saturated heterocycles. The summed E-state index contributed by atoms with van der Waals surface area (Å²) >= 11 is 1.55. The highest BCUT2D eigenvalue weighted by Gasteiger charge is 2.58. The second kappa shape index (κ2) is 10.2. The Kier molecular flexibility index (Phi) is 7.67. The van der Waals surface area contributed by atoms with E-state index in [-0.39, 0.29) is 23.5 Å². The lowest BCUT2D eigenvalue weighted by Gasteiger charge is -2.57. The van der Waals surface area contributed by atoms with E-state index in [1.165, 1.54) is 18.4 Å². The molecule has 0 aromatic carbocycles. The molecule has 7 nitrogen and oxygen atoms in total. The predicted octanol–water partition coefficient (Wildman–Crippen LogP) is 4.01. The summed E-state index contributed by atoms with van der Waals surface area (Å²) < 4.78 is 0. The van der Waals surface area contributed by atoms with Crippen LogP contribution in [-0.2, 0) is 14.4 Å². The van der Waals surface area contributed by atoms with Gasteiger partial charge in [0.15, 0.2) is 6.61 Å². The summed E-state index contributed by atoms with van der Waals surface area (Å²) in [6.45, 7) is 4.47. The molecule has 4 aliphatic carbocycles. The number of thioether (sulfide) groups is 1. The number of aliphatic carboxylic acids is 1. The molecule has 0 spiro atoms. The fourth-order valence-corrected chi connectivity index (χ4v) is 7.99. The first-order valence-electron chi connectivity index (χ1n) is 12.8. The molecule has 0 radical (unpaired) electrons. The lowest BCUT2D eigenvalue weighted by molar-refractivity contribution is -0.142. The van der Waals surface area contributed by atoms with Gasteiger partial charge in [0.05, 0.1) is 11.8 Å². The van der Waals surface area contributed by atoms with Gasteiger partial charge in [0, 0.05) is 0 Å². The van der Waals surface area contributed by atoms with Crippen molar-refractivity contribution in [2.24, 2.45) is 33.7 Å². The molecular formula is C26H40N2O5S. The van der Waals surface area contributed by atoms with Crippen molar-refractivity contribution in [2.75, 3.05) is 18.6 Å². The Balaban J connectivity index is 1.36. The van der Waals surface area contributed by atoms with Crippen LogP contribution in [0.5, 0.6) is 0 Å². The minimum Gasteiger partial charge on any atom is -0.480 e. The molecule has 0 aliphatic heterocycles. The molecule has 0 bridgehead atoms. The molecular weight excluding hydrogens is 452 g/mol. The number of carbonyl (C=O) groups excluding carboxylic acids is 1. The first-order valence-corrected chi connectivity index (χ1v) is 14.2. The number of rotatable bonds is 8. The highest BCUT2D eigenvalue weighted by atomic mass is 32.2. The van der Waals surface area contributed by atoms with E-state index in [0.717, 1.165) is 44.2 Å². The van der Waals surface area contributed by atoms with Crippen LogP contribution in [0.1, 0.15) is 71.6 Å². The van der Waals surface area contributed by atoms with Gasteiger partial charge in [0.1, 0.15) is 6.04 Å². The fourth-order valence-electron chi connectivity index (χ4n) is 7.52. The monoisotopic (exact) mass is 492 g/mol. The van der Waals surface area contributed by atoms with Crippen molar-refractivity contribution in [1.29, 1.82) is 0 Å². The second-order valence-electron chi connectivity index (χ2n) is 11.2. The van der Waals surface area contributed by atoms with E-state index < -0.39 is 17.9 Å². The van der Waals surface area contributed by atoms with Gasteiger partial charge in [-0.3, -0.25) is 4.79 Å². The largest absolute Gasteiger partial charge is 0.480 e. The van der Waals surface area contributed by atoms with Crippen LogP contribution in [0, 0.1) is 28.6 Å². The molecule has 0 unspecified atom stereocenters. The Hall–Kier alpha value is -1.54. The number of oxime groups is 1. The van der Waals surface area contributed by atoms with Crippen molar-refractivity contribution in [1.82, 2.24) is 5.32 Å². The quantitative estimate of drug-likeness (QED) is 0.442. The predicted molar refractivity (Wildman–Crippen MR) is 134 cm³/mol. The van der Waals surface area contributed by atoms with E-state index in [0.29, 0.717) is 29.9 Å². The van der Waals surface area contributed by atoms with Crippen molar-refractivity contribution in [3.8, 4) is 0 Å². The van der Waals surface area contributed by atoms with Gasteiger partial charge >= 0.3 is 5.97 Å². The van der Waals surface area contributed by atoms with Gasteiger partial charge < -0.3 is 20.4 Å². The minimum absolute atomic E-state index is 0.101. The maximum absolute atomic E-state index is 12.1. The Bertz CT molecular complexity index is 860. The molecule has 4 aliphatic rings. The van der Waals surface area contributed by atoms with Gasteiger partial charge in [-0.05, 0) is 104 Å². The molecule has 34 heavy (non-hydrogen) atoms. The van der Waals surface area contributed by atoms with Gasteiger partial charge in [0.2, 0.25) is 0 Å². The van der Waals surface area contributed by atoms with Gasteiger partial charge in [-0.1, -0.05) is 24.6 Å². The van der Waals surface area contributed by atoms with Crippen LogP contribution in [0.2, 0.25) is 0 Å². The summed E-state index contributed by atoms with van der Waals surface area (Å²) in [5.74, 6) is 1.17. The summed E-state index contributed by atoms with van der Waals surface area (Å²) in [5.41, 5.74) is 2.61. The zero-order chi connectivity index (χ0) is 24.5. The van der Waals surface area contributed by atoms with E-state index in [2.05, 4.69) is 30.4 Å². The number of hydrogen-bond acceptors (Lipinski definition) is 6. The zero-order valence-electron chi connectivity index (χ0n) is 20.7. The molecule has 7 atom stereocenters. The van der Waals surface area contributed by atoms with Crippen LogP contribution in [0.4, 0.5) is 0 Å². The third-order valence-corrected chi connectivity index (χ3v) is 10.2. The van der Waals surface area contributed by atoms with Crippen LogP contribution >= 0.6 is 11.8 Å². The summed E-state index contributed by atoms with van der Waals surface area (Å²) in [5, 5.41) is 26.6. The number of carboxylic acids is 1. The van der Waals surface area contributed by atoms with E-state index in [1.807, 2.05) is 6.26 Å². The smallest absolute Gasteiger partial charge is 0.326 e. The standard InChI is InChI=1S/C26H40N2O5S/c1-25-11-8-17(28-33-15-23(30)27-21(24(31)32)10-13-34-3)14-16(25)4-5-18-19-6-7-22(29)26(19,2)12-9-20(18)25/h14,18-22,29H,4-13,15H2,1-3H3,(H,27,30)(H,31,32)/b28-17-/t18-,19+,20-,21+,22+,25+,26+/m1/s1. The van der Waals surface area contributed by atoms with Crippen molar-refractivity contribution in [2.45, 2.75) is 83.8 Å². The van der Waals surface area contributed by atoms with Gasteiger partial charge in [-0.2, -0.15) is 11.8 Å². The zero-order valence-corrected chi connectivity index (χ0v) is 21.5. The lowest BCUT2D eigenvalue weighted by atomic mass is 9.47. The maximum Gasteiger partial charge on any atom is 0.326 e. The summed E-state index contributed by atoms with van der Waals surface area (Å²) in [6, 6.07) is -0.901. The molecule has 0 aromatic rings. The fraction of sp³-hybridized carbons (Fsp3) is 0.808. The number of allylic oxidation sites excluding steroid dienone is 2. The third kappa shape index (κ3) is 4.77. The van der Waals surface area contributed by atoms with Gasteiger partial charge in [-0.25, -0.2) is 4.79 Å². The molecule has 3 N–H and O–H groups in total. The number of carbonyl (C=O) groups is 2. The number of fused-ring (bicyclic) bond motifs is 5. The van der Waals surface area contributed by atoms with Crippen LogP contribution < -0.4 is 5.32 Å². The SMILES string of the molecule is CSCC[C@H](NC(=O)CO/N=C1\C=C2CC[C@H]3[C@@H](CC[C@]4(C)[C@@H](O)CC[C@@H]34)[C@@]2(C)CC1)C(=O)O. The first kappa shape index (κ1) is 25.5. The Morgan fingerprint density at radius 2 is 2.00 bits per heavy atom. The lowest BCUT2D eigenvalue weighted by Crippen LogP contribution is -2.51. The molecule has 4 rings (SSSR count). The van der Waals surface area contributed by atoms with Crippen LogP contribution in [-0.4, -0.2) is 58.6 Å². The Labute approximate surface area is 207 Å². The Morgan fingerprint density at radius 3 is 2.74 bits per heavy atom. The number of nitrogens with one attached hydrogen (secondary N) is 1. The summed E-state index contributed by atoms with van der Waals surface area (Å²) in [4.78, 5) is 28.8. The molecule has 3 fully saturated rings. The molecule has 3 saturated carbocycles. The minimum atomic E-state index is -1.03. The molecule has 190 valence electrons. The number of carboxylic acid groups (broad SMARTS) is 1. The second-order valence-corrected chi connectivity index (χ2v) is 12.2. The van der Waals surface area contributed by atoms with Crippen LogP contribution in [0.15, 0.2) is 16.8 Å². The van der Waals surface area contributed by atoms with E-state index in [4.69, 9.17) is 4.84 Å². The number of aliphatic hydroxyl groups is 1. The van der Waals surface area contributed by atoms with Crippen LogP contribution in [0.25, 0.3) is 0 Å².